The molecule has 110 valence electrons. The number of carbonyl (C=O) groups is 1. The number of hydrogen-bond donors (Lipinski definition) is 2. The summed E-state index contributed by atoms with van der Waals surface area (Å²) in [6, 6.07) is 3.30. The number of fused-ring (bicyclic) bond motifs is 1. The van der Waals surface area contributed by atoms with Gasteiger partial charge in [0.15, 0.2) is 0 Å². The fraction of sp³-hybridized carbons (Fsp3) is 0.500. The Morgan fingerprint density at radius 1 is 1.50 bits per heavy atom. The maximum Gasteiger partial charge on any atom is 0.245 e. The third-order valence-electron chi connectivity index (χ3n) is 3.46. The van der Waals surface area contributed by atoms with Gasteiger partial charge < -0.3 is 20.7 Å². The minimum Gasteiger partial charge on any atom is -0.383 e. The maximum atomic E-state index is 11.6. The average molecular weight is 298 g/mol. The number of rotatable bonds is 5. The molecule has 1 aromatic carbocycles. The van der Waals surface area contributed by atoms with Crippen molar-refractivity contribution >= 4 is 28.9 Å². The number of methoxy groups -OCH3 is 1. The third-order valence-corrected chi connectivity index (χ3v) is 3.77. The van der Waals surface area contributed by atoms with Gasteiger partial charge in [0, 0.05) is 30.9 Å². The Bertz CT molecular complexity index is 519. The molecule has 0 saturated heterocycles. The normalized spacial score (nSPS) is 17.3. The lowest BCUT2D eigenvalue weighted by atomic mass is 10.1. The summed E-state index contributed by atoms with van der Waals surface area (Å²) in [5.41, 5.74) is 8.19. The molecule has 0 fully saturated rings. The molecule has 1 unspecified atom stereocenters. The molecule has 0 bridgehead atoms. The summed E-state index contributed by atoms with van der Waals surface area (Å²) in [6.45, 7) is 5.51. The van der Waals surface area contributed by atoms with Gasteiger partial charge in [-0.2, -0.15) is 0 Å². The van der Waals surface area contributed by atoms with Crippen LogP contribution in [0.2, 0.25) is 5.02 Å². The first-order valence-electron chi connectivity index (χ1n) is 6.61. The van der Waals surface area contributed by atoms with Gasteiger partial charge in [-0.3, -0.25) is 4.79 Å². The number of nitrogens with two attached hydrogens (primary N) is 1. The van der Waals surface area contributed by atoms with E-state index in [9.17, 15) is 4.79 Å². The second kappa shape index (κ2) is 5.99. The first-order chi connectivity index (χ1) is 9.45. The highest BCUT2D eigenvalue weighted by atomic mass is 35.5. The van der Waals surface area contributed by atoms with E-state index < -0.39 is 6.04 Å². The van der Waals surface area contributed by atoms with Crippen molar-refractivity contribution in [2.45, 2.75) is 25.9 Å². The molecule has 0 aliphatic carbocycles. The minimum absolute atomic E-state index is 0.193. The Kier molecular flexibility index (Phi) is 4.52. The Labute approximate surface area is 124 Å². The summed E-state index contributed by atoms with van der Waals surface area (Å²) in [4.78, 5) is 13.8. The molecule has 20 heavy (non-hydrogen) atoms. The summed E-state index contributed by atoms with van der Waals surface area (Å²) >= 11 is 6.36. The number of benzene rings is 1. The van der Waals surface area contributed by atoms with Crippen LogP contribution < -0.4 is 16.0 Å². The van der Waals surface area contributed by atoms with Crippen molar-refractivity contribution in [2.24, 2.45) is 5.73 Å². The van der Waals surface area contributed by atoms with E-state index in [1.165, 1.54) is 0 Å². The van der Waals surface area contributed by atoms with Gasteiger partial charge in [0.1, 0.15) is 6.04 Å². The molecule has 2 rings (SSSR count). The smallest absolute Gasteiger partial charge is 0.245 e. The van der Waals surface area contributed by atoms with Crippen molar-refractivity contribution in [1.29, 1.82) is 0 Å². The van der Waals surface area contributed by atoms with Crippen molar-refractivity contribution in [3.8, 4) is 0 Å². The lowest BCUT2D eigenvalue weighted by Gasteiger charge is -2.30. The largest absolute Gasteiger partial charge is 0.383 e. The van der Waals surface area contributed by atoms with E-state index in [-0.39, 0.29) is 11.9 Å². The molecule has 0 spiro atoms. The van der Waals surface area contributed by atoms with Crippen LogP contribution >= 0.6 is 11.6 Å². The molecule has 3 N–H and O–H groups in total. The number of hydrogen-bond acceptors (Lipinski definition) is 4. The van der Waals surface area contributed by atoms with Crippen molar-refractivity contribution in [2.75, 3.05) is 30.5 Å². The molecule has 1 atom stereocenters. The van der Waals surface area contributed by atoms with Gasteiger partial charge in [0.05, 0.1) is 17.3 Å². The zero-order valence-electron chi connectivity index (χ0n) is 11.9. The number of amides is 1. The number of nitrogens with zero attached hydrogens (tertiary/aromatic N) is 1. The highest BCUT2D eigenvalue weighted by Crippen LogP contribution is 2.38. The molecule has 1 amide bonds. The Balaban J connectivity index is 2.37. The number of nitrogens with one attached hydrogen (secondary N) is 1. The lowest BCUT2D eigenvalue weighted by molar-refractivity contribution is -0.116. The molecular weight excluding hydrogens is 278 g/mol. The van der Waals surface area contributed by atoms with E-state index in [1.807, 2.05) is 6.07 Å². The van der Waals surface area contributed by atoms with Gasteiger partial charge in [-0.25, -0.2) is 0 Å². The topological polar surface area (TPSA) is 67.6 Å². The van der Waals surface area contributed by atoms with Gasteiger partial charge in [-0.05, 0) is 26.0 Å². The zero-order valence-corrected chi connectivity index (χ0v) is 12.7. The predicted octanol–water partition coefficient (Wildman–Crippen LogP) is 2.15. The molecule has 1 heterocycles. The van der Waals surface area contributed by atoms with Crippen LogP contribution in [0.25, 0.3) is 0 Å². The molecule has 5 nitrogen and oxygen atoms in total. The van der Waals surface area contributed by atoms with Gasteiger partial charge in [0.2, 0.25) is 5.91 Å². The Morgan fingerprint density at radius 3 is 2.80 bits per heavy atom. The van der Waals surface area contributed by atoms with Gasteiger partial charge in [-0.1, -0.05) is 11.6 Å². The molecule has 0 aromatic heterocycles. The quantitative estimate of drug-likeness (QED) is 0.874. The zero-order chi connectivity index (χ0) is 14.9. The summed E-state index contributed by atoms with van der Waals surface area (Å²) < 4.78 is 5.14. The predicted molar refractivity (Wildman–Crippen MR) is 81.4 cm³/mol. The fourth-order valence-corrected chi connectivity index (χ4v) is 2.64. The van der Waals surface area contributed by atoms with Crippen LogP contribution in [-0.4, -0.2) is 32.2 Å². The van der Waals surface area contributed by atoms with Crippen LogP contribution in [0, 0.1) is 0 Å². The van der Waals surface area contributed by atoms with E-state index in [2.05, 4.69) is 24.1 Å². The van der Waals surface area contributed by atoms with Gasteiger partial charge >= 0.3 is 0 Å². The SMILES string of the molecule is COCCN(c1cc2c(cc1Cl)C(N)C(=O)N2)C(C)C. The van der Waals surface area contributed by atoms with Crippen LogP contribution in [0.4, 0.5) is 11.4 Å². The summed E-state index contributed by atoms with van der Waals surface area (Å²) in [5.74, 6) is -0.193. The van der Waals surface area contributed by atoms with E-state index in [0.29, 0.717) is 11.6 Å². The molecular formula is C14H20ClN3O2. The van der Waals surface area contributed by atoms with Crippen LogP contribution in [0.1, 0.15) is 25.5 Å². The first kappa shape index (κ1) is 15.1. The minimum atomic E-state index is -0.636. The van der Waals surface area contributed by atoms with Gasteiger partial charge in [-0.15, -0.1) is 0 Å². The fourth-order valence-electron chi connectivity index (χ4n) is 2.36. The second-order valence-corrected chi connectivity index (χ2v) is 5.54. The molecule has 0 saturated carbocycles. The molecule has 1 aliphatic rings. The van der Waals surface area contributed by atoms with E-state index in [0.717, 1.165) is 23.5 Å². The van der Waals surface area contributed by atoms with E-state index >= 15 is 0 Å². The molecule has 1 aliphatic heterocycles. The van der Waals surface area contributed by atoms with Crippen LogP contribution in [0.5, 0.6) is 0 Å². The van der Waals surface area contributed by atoms with Crippen LogP contribution in [0.15, 0.2) is 12.1 Å². The summed E-state index contributed by atoms with van der Waals surface area (Å²) in [5, 5.41) is 3.38. The number of ether oxygens (including phenoxy) is 1. The Morgan fingerprint density at radius 2 is 2.20 bits per heavy atom. The Hall–Kier alpha value is -1.30. The van der Waals surface area contributed by atoms with E-state index in [4.69, 9.17) is 22.1 Å². The van der Waals surface area contributed by atoms with Crippen LogP contribution in [0.3, 0.4) is 0 Å². The number of halogens is 1. The third kappa shape index (κ3) is 2.75. The summed E-state index contributed by atoms with van der Waals surface area (Å²) in [6.07, 6.45) is 0. The lowest BCUT2D eigenvalue weighted by Crippen LogP contribution is -2.34. The summed E-state index contributed by atoms with van der Waals surface area (Å²) in [7, 11) is 1.67. The van der Waals surface area contributed by atoms with E-state index in [1.54, 1.807) is 13.2 Å². The number of carbonyl (C=O) groups excluding carboxylic acids is 1. The van der Waals surface area contributed by atoms with Crippen molar-refractivity contribution in [3.63, 3.8) is 0 Å². The monoisotopic (exact) mass is 297 g/mol. The highest BCUT2D eigenvalue weighted by molar-refractivity contribution is 6.33. The highest BCUT2D eigenvalue weighted by Gasteiger charge is 2.29. The molecule has 6 heteroatoms. The second-order valence-electron chi connectivity index (χ2n) is 5.14. The first-order valence-corrected chi connectivity index (χ1v) is 6.99. The number of anilines is 2. The standard InChI is InChI=1S/C14H20ClN3O2/c1-8(2)18(4-5-20-3)12-7-11-9(6-10(12)15)13(16)14(19)17-11/h6-8,13H,4-5,16H2,1-3H3,(H,17,19). The van der Waals surface area contributed by atoms with Gasteiger partial charge in [0.25, 0.3) is 0 Å². The maximum absolute atomic E-state index is 11.6. The van der Waals surface area contributed by atoms with Crippen molar-refractivity contribution in [3.05, 3.63) is 22.7 Å². The average Bonchev–Trinajstić information content (AvgIpc) is 2.66. The van der Waals surface area contributed by atoms with Crippen LogP contribution in [-0.2, 0) is 9.53 Å². The molecule has 0 radical (unpaired) electrons. The van der Waals surface area contributed by atoms with Crippen molar-refractivity contribution < 1.29 is 9.53 Å². The molecule has 1 aromatic rings. The van der Waals surface area contributed by atoms with Crippen molar-refractivity contribution in [1.82, 2.24) is 0 Å².